The van der Waals surface area contributed by atoms with Crippen LogP contribution in [-0.4, -0.2) is 66.5 Å². The number of amides is 3. The van der Waals surface area contributed by atoms with Gasteiger partial charge in [-0.05, 0) is 62.9 Å². The number of likely N-dealkylation sites (tertiary alicyclic amines) is 1. The average molecular weight is 483 g/mol. The Morgan fingerprint density at radius 2 is 1.91 bits per heavy atom. The lowest BCUT2D eigenvalue weighted by molar-refractivity contribution is -0.157. The third-order valence-corrected chi connectivity index (χ3v) is 6.40. The molecule has 2 aromatic rings. The summed E-state index contributed by atoms with van der Waals surface area (Å²) in [6.07, 6.45) is 2.28. The number of ether oxygens (including phenoxy) is 1. The lowest BCUT2D eigenvalue weighted by Crippen LogP contribution is -2.56. The number of carbonyl (C=O) groups excluding carboxylic acids is 3. The number of nitrogens with one attached hydrogen (secondary N) is 2. The molecule has 8 nitrogen and oxygen atoms in total. The topological polar surface area (TPSA) is 114 Å². The Morgan fingerprint density at radius 1 is 1.17 bits per heavy atom. The maximum absolute atomic E-state index is 13.3. The molecule has 3 rings (SSSR count). The number of hydrogen-bond acceptors (Lipinski definition) is 5. The van der Waals surface area contributed by atoms with Gasteiger partial charge in [-0.15, -0.1) is 0 Å². The molecule has 2 atom stereocenters. The van der Waals surface area contributed by atoms with E-state index in [1.165, 1.54) is 0 Å². The molecule has 3 amide bonds. The molecule has 1 heterocycles. The van der Waals surface area contributed by atoms with E-state index in [1.807, 2.05) is 49.4 Å². The van der Waals surface area contributed by atoms with Crippen molar-refractivity contribution in [1.82, 2.24) is 15.5 Å². The van der Waals surface area contributed by atoms with E-state index in [9.17, 15) is 14.4 Å². The van der Waals surface area contributed by atoms with Crippen LogP contribution in [0.3, 0.4) is 0 Å². The monoisotopic (exact) mass is 482 g/mol. The number of fused-ring (bicyclic) bond motifs is 1. The van der Waals surface area contributed by atoms with Crippen LogP contribution in [0.1, 0.15) is 45.6 Å². The summed E-state index contributed by atoms with van der Waals surface area (Å²) in [4.78, 5) is 41.1. The summed E-state index contributed by atoms with van der Waals surface area (Å²) in [7, 11) is 0. The molecular formula is C27H38N4O4. The molecule has 0 bridgehead atoms. The first kappa shape index (κ1) is 26.6. The highest BCUT2D eigenvalue weighted by Gasteiger charge is 2.41. The van der Waals surface area contributed by atoms with E-state index in [4.69, 9.17) is 10.5 Å². The van der Waals surface area contributed by atoms with Crippen molar-refractivity contribution in [3.8, 4) is 0 Å². The molecule has 0 spiro atoms. The second-order valence-corrected chi connectivity index (χ2v) is 9.48. The van der Waals surface area contributed by atoms with E-state index in [2.05, 4.69) is 10.6 Å². The fraction of sp³-hybridized carbons (Fsp3) is 0.519. The summed E-state index contributed by atoms with van der Waals surface area (Å²) < 4.78 is 5.62. The molecule has 0 aliphatic carbocycles. The minimum Gasteiger partial charge on any atom is -0.366 e. The Balaban J connectivity index is 1.77. The lowest BCUT2D eigenvalue weighted by atomic mass is 10.0. The van der Waals surface area contributed by atoms with Gasteiger partial charge in [-0.1, -0.05) is 42.5 Å². The number of benzene rings is 2. The molecule has 1 saturated heterocycles. The molecule has 1 fully saturated rings. The minimum absolute atomic E-state index is 0.213. The van der Waals surface area contributed by atoms with Crippen LogP contribution in [0.15, 0.2) is 42.5 Å². The average Bonchev–Trinajstić information content (AvgIpc) is 3.33. The van der Waals surface area contributed by atoms with Gasteiger partial charge in [-0.2, -0.15) is 0 Å². The highest BCUT2D eigenvalue weighted by molar-refractivity contribution is 5.94. The fourth-order valence-corrected chi connectivity index (χ4v) is 4.57. The number of nitrogens with zero attached hydrogens (tertiary/aromatic N) is 1. The number of rotatable bonds is 11. The highest BCUT2D eigenvalue weighted by atomic mass is 16.5. The molecule has 0 radical (unpaired) electrons. The Hall–Kier alpha value is -2.97. The van der Waals surface area contributed by atoms with E-state index in [0.717, 1.165) is 22.8 Å². The predicted octanol–water partition coefficient (Wildman–Crippen LogP) is 2.14. The highest BCUT2D eigenvalue weighted by Crippen LogP contribution is 2.24. The summed E-state index contributed by atoms with van der Waals surface area (Å²) in [5.74, 6) is -0.788. The first-order valence-electron chi connectivity index (χ1n) is 12.5. The Kier molecular flexibility index (Phi) is 9.23. The number of hydrogen-bond donors (Lipinski definition) is 3. The summed E-state index contributed by atoms with van der Waals surface area (Å²) in [6.45, 7) is 7.08. The zero-order chi connectivity index (χ0) is 25.4. The van der Waals surface area contributed by atoms with Crippen LogP contribution < -0.4 is 16.4 Å². The first-order valence-corrected chi connectivity index (χ1v) is 12.5. The van der Waals surface area contributed by atoms with Crippen molar-refractivity contribution in [2.75, 3.05) is 26.2 Å². The molecule has 8 heteroatoms. The van der Waals surface area contributed by atoms with E-state index in [-0.39, 0.29) is 17.7 Å². The third-order valence-electron chi connectivity index (χ3n) is 6.40. The smallest absolute Gasteiger partial charge is 0.254 e. The zero-order valence-electron chi connectivity index (χ0n) is 21.0. The molecule has 35 heavy (non-hydrogen) atoms. The fourth-order valence-electron chi connectivity index (χ4n) is 4.57. The molecule has 0 saturated carbocycles. The van der Waals surface area contributed by atoms with Crippen molar-refractivity contribution in [2.24, 2.45) is 5.73 Å². The second-order valence-electron chi connectivity index (χ2n) is 9.48. The van der Waals surface area contributed by atoms with Gasteiger partial charge in [0, 0.05) is 26.1 Å². The lowest BCUT2D eigenvalue weighted by Gasteiger charge is -2.33. The maximum atomic E-state index is 13.3. The number of nitrogens with two attached hydrogens (primary N) is 1. The van der Waals surface area contributed by atoms with Crippen LogP contribution in [0.25, 0.3) is 10.8 Å². The standard InChI is InChI=1S/C27H38N4O4/c1-4-35-27(2,3)26(34)31-16-7-11-23(31)25(33)30-22(24(32)29-15-8-14-28)18-19-12-13-20-9-5-6-10-21(20)17-19/h5-6,9-10,12-13,17,22-23H,4,7-8,11,14-16,18,28H2,1-3H3,(H,29,32)(H,30,33)/t22-,23?/m1/s1. The summed E-state index contributed by atoms with van der Waals surface area (Å²) >= 11 is 0. The van der Waals surface area contributed by atoms with Crippen LogP contribution in [0, 0.1) is 0 Å². The molecule has 1 unspecified atom stereocenters. The van der Waals surface area contributed by atoms with E-state index >= 15 is 0 Å². The van der Waals surface area contributed by atoms with Crippen LogP contribution in [0.2, 0.25) is 0 Å². The number of carbonyl (C=O) groups is 3. The third kappa shape index (κ3) is 6.80. The van der Waals surface area contributed by atoms with Crippen LogP contribution in [0.4, 0.5) is 0 Å². The van der Waals surface area contributed by atoms with Crippen molar-refractivity contribution in [3.05, 3.63) is 48.0 Å². The second kappa shape index (κ2) is 12.1. The van der Waals surface area contributed by atoms with Crippen LogP contribution >= 0.6 is 0 Å². The maximum Gasteiger partial charge on any atom is 0.254 e. The quantitative estimate of drug-likeness (QED) is 0.425. The van der Waals surface area contributed by atoms with Gasteiger partial charge < -0.3 is 26.0 Å². The van der Waals surface area contributed by atoms with Crippen molar-refractivity contribution in [3.63, 3.8) is 0 Å². The summed E-state index contributed by atoms with van der Waals surface area (Å²) in [5.41, 5.74) is 5.49. The van der Waals surface area contributed by atoms with Gasteiger partial charge in [0.1, 0.15) is 17.7 Å². The molecule has 1 aliphatic rings. The normalized spacial score (nSPS) is 16.8. The SMILES string of the molecule is CCOC(C)(C)C(=O)N1CCCC1C(=O)N[C@H](Cc1ccc2ccccc2c1)C(=O)NCCCN. The van der Waals surface area contributed by atoms with Gasteiger partial charge in [0.25, 0.3) is 5.91 Å². The molecular weight excluding hydrogens is 444 g/mol. The van der Waals surface area contributed by atoms with Gasteiger partial charge in [-0.25, -0.2) is 0 Å². The van der Waals surface area contributed by atoms with Gasteiger partial charge in [0.05, 0.1) is 0 Å². The Labute approximate surface area is 207 Å². The van der Waals surface area contributed by atoms with Crippen molar-refractivity contribution >= 4 is 28.5 Å². The van der Waals surface area contributed by atoms with E-state index in [1.54, 1.807) is 18.7 Å². The predicted molar refractivity (Wildman–Crippen MR) is 137 cm³/mol. The van der Waals surface area contributed by atoms with Crippen LogP contribution in [0.5, 0.6) is 0 Å². The van der Waals surface area contributed by atoms with Crippen molar-refractivity contribution < 1.29 is 19.1 Å². The molecule has 2 aromatic carbocycles. The Morgan fingerprint density at radius 3 is 2.63 bits per heavy atom. The Bertz CT molecular complexity index is 1040. The van der Waals surface area contributed by atoms with E-state index in [0.29, 0.717) is 45.5 Å². The minimum atomic E-state index is -1.01. The van der Waals surface area contributed by atoms with Crippen molar-refractivity contribution in [1.29, 1.82) is 0 Å². The first-order chi connectivity index (χ1) is 16.8. The molecule has 4 N–H and O–H groups in total. The molecule has 1 aliphatic heterocycles. The zero-order valence-corrected chi connectivity index (χ0v) is 21.0. The van der Waals surface area contributed by atoms with Crippen molar-refractivity contribution in [2.45, 2.75) is 64.1 Å². The van der Waals surface area contributed by atoms with E-state index < -0.39 is 17.7 Å². The molecule has 190 valence electrons. The van der Waals surface area contributed by atoms with Gasteiger partial charge >= 0.3 is 0 Å². The van der Waals surface area contributed by atoms with Crippen LogP contribution in [-0.2, 0) is 25.5 Å². The van der Waals surface area contributed by atoms with Gasteiger partial charge in [-0.3, -0.25) is 14.4 Å². The van der Waals surface area contributed by atoms with Gasteiger partial charge in [0.15, 0.2) is 0 Å². The summed E-state index contributed by atoms with van der Waals surface area (Å²) in [5, 5.41) is 8.00. The molecule has 0 aromatic heterocycles. The van der Waals surface area contributed by atoms with Gasteiger partial charge in [0.2, 0.25) is 11.8 Å². The summed E-state index contributed by atoms with van der Waals surface area (Å²) in [6, 6.07) is 12.7. The largest absolute Gasteiger partial charge is 0.366 e.